The molecular formula is C16H24O3. The molecule has 4 saturated carbocycles. The Hall–Kier alpha value is -0.830. The molecule has 4 bridgehead atoms. The first kappa shape index (κ1) is 13.2. The number of ether oxygens (including phenoxy) is 2. The second kappa shape index (κ2) is 4.34. The topological polar surface area (TPSA) is 35.5 Å². The maximum Gasteiger partial charge on any atom is 0.330 e. The van der Waals surface area contributed by atoms with Crippen molar-refractivity contribution < 1.29 is 14.3 Å². The smallest absolute Gasteiger partial charge is 0.330 e. The number of hydrogen-bond donors (Lipinski definition) is 0. The molecule has 0 aromatic heterocycles. The molecule has 0 aliphatic heterocycles. The van der Waals surface area contributed by atoms with Crippen LogP contribution in [0, 0.1) is 17.8 Å². The van der Waals surface area contributed by atoms with Crippen molar-refractivity contribution >= 4 is 5.97 Å². The molecule has 0 spiro atoms. The summed E-state index contributed by atoms with van der Waals surface area (Å²) in [5, 5.41) is 0. The van der Waals surface area contributed by atoms with Crippen molar-refractivity contribution in [2.24, 2.45) is 17.8 Å². The standard InChI is InChI=1S/C16H24O3/c1-4-14(17)19-16(5-2)12-6-11-7-13(16)10-15(8-11,9-12)18-3/h4,11-13H,1,5-10H2,2-3H3. The van der Waals surface area contributed by atoms with Gasteiger partial charge >= 0.3 is 5.97 Å². The summed E-state index contributed by atoms with van der Waals surface area (Å²) in [5.74, 6) is 1.43. The van der Waals surface area contributed by atoms with E-state index in [-0.39, 0.29) is 17.2 Å². The Labute approximate surface area is 115 Å². The zero-order valence-corrected chi connectivity index (χ0v) is 12.0. The van der Waals surface area contributed by atoms with E-state index in [0.29, 0.717) is 11.8 Å². The maximum absolute atomic E-state index is 11.7. The van der Waals surface area contributed by atoms with Crippen LogP contribution in [0.1, 0.15) is 45.4 Å². The lowest BCUT2D eigenvalue weighted by Gasteiger charge is -2.63. The predicted molar refractivity (Wildman–Crippen MR) is 72.6 cm³/mol. The number of methoxy groups -OCH3 is 1. The van der Waals surface area contributed by atoms with Crippen molar-refractivity contribution in [3.05, 3.63) is 12.7 Å². The minimum atomic E-state index is -0.263. The van der Waals surface area contributed by atoms with E-state index >= 15 is 0 Å². The molecule has 0 radical (unpaired) electrons. The first-order chi connectivity index (χ1) is 9.07. The van der Waals surface area contributed by atoms with Crippen molar-refractivity contribution in [2.75, 3.05) is 7.11 Å². The van der Waals surface area contributed by atoms with Gasteiger partial charge in [-0.2, -0.15) is 0 Å². The van der Waals surface area contributed by atoms with Gasteiger partial charge in [0.05, 0.1) is 5.60 Å². The average molecular weight is 264 g/mol. The van der Waals surface area contributed by atoms with Gasteiger partial charge in [0.1, 0.15) is 5.60 Å². The van der Waals surface area contributed by atoms with Gasteiger partial charge in [-0.3, -0.25) is 0 Å². The summed E-state index contributed by atoms with van der Waals surface area (Å²) in [7, 11) is 1.84. The third-order valence-corrected chi connectivity index (χ3v) is 5.96. The van der Waals surface area contributed by atoms with Gasteiger partial charge in [0.2, 0.25) is 0 Å². The van der Waals surface area contributed by atoms with Crippen LogP contribution in [0.5, 0.6) is 0 Å². The second-order valence-electron chi connectivity index (χ2n) is 6.66. The molecule has 2 unspecified atom stereocenters. The molecule has 0 N–H and O–H groups in total. The Kier molecular flexibility index (Phi) is 3.01. The molecule has 4 fully saturated rings. The van der Waals surface area contributed by atoms with Gasteiger partial charge in [-0.05, 0) is 44.4 Å². The number of carbonyl (C=O) groups is 1. The van der Waals surface area contributed by atoms with E-state index in [1.165, 1.54) is 25.3 Å². The summed E-state index contributed by atoms with van der Waals surface area (Å²) in [6.45, 7) is 5.69. The molecule has 3 heteroatoms. The van der Waals surface area contributed by atoms with Crippen molar-refractivity contribution in [3.63, 3.8) is 0 Å². The van der Waals surface area contributed by atoms with Crippen LogP contribution in [0.4, 0.5) is 0 Å². The minimum Gasteiger partial charge on any atom is -0.455 e. The zero-order chi connectivity index (χ0) is 13.7. The fourth-order valence-corrected chi connectivity index (χ4v) is 5.28. The number of rotatable bonds is 4. The normalized spacial score (nSPS) is 47.2. The molecule has 0 amide bonds. The Morgan fingerprint density at radius 3 is 2.42 bits per heavy atom. The van der Waals surface area contributed by atoms with Crippen LogP contribution in [0.2, 0.25) is 0 Å². The van der Waals surface area contributed by atoms with Crippen LogP contribution in [0.25, 0.3) is 0 Å². The number of hydrogen-bond acceptors (Lipinski definition) is 3. The van der Waals surface area contributed by atoms with Crippen molar-refractivity contribution in [2.45, 2.75) is 56.7 Å². The number of esters is 1. The molecule has 19 heavy (non-hydrogen) atoms. The zero-order valence-electron chi connectivity index (χ0n) is 12.0. The highest BCUT2D eigenvalue weighted by Crippen LogP contribution is 2.63. The van der Waals surface area contributed by atoms with Crippen molar-refractivity contribution in [1.29, 1.82) is 0 Å². The van der Waals surface area contributed by atoms with Gasteiger partial charge in [0, 0.05) is 25.0 Å². The van der Waals surface area contributed by atoms with Crippen LogP contribution in [0.3, 0.4) is 0 Å². The molecule has 4 rings (SSSR count). The second-order valence-corrected chi connectivity index (χ2v) is 6.66. The van der Waals surface area contributed by atoms with E-state index in [2.05, 4.69) is 13.5 Å². The van der Waals surface area contributed by atoms with Crippen molar-refractivity contribution in [3.8, 4) is 0 Å². The summed E-state index contributed by atoms with van der Waals surface area (Å²) in [6, 6.07) is 0. The summed E-state index contributed by atoms with van der Waals surface area (Å²) in [4.78, 5) is 11.7. The fourth-order valence-electron chi connectivity index (χ4n) is 5.28. The van der Waals surface area contributed by atoms with Crippen LogP contribution in [-0.2, 0) is 14.3 Å². The maximum atomic E-state index is 11.7. The Balaban J connectivity index is 1.91. The Bertz CT molecular complexity index is 385. The molecule has 0 saturated heterocycles. The molecular weight excluding hydrogens is 240 g/mol. The first-order valence-electron chi connectivity index (χ1n) is 7.48. The van der Waals surface area contributed by atoms with E-state index in [1.54, 1.807) is 0 Å². The average Bonchev–Trinajstić information content (AvgIpc) is 2.42. The predicted octanol–water partition coefficient (Wildman–Crippen LogP) is 3.09. The van der Waals surface area contributed by atoms with Crippen LogP contribution < -0.4 is 0 Å². The quantitative estimate of drug-likeness (QED) is 0.578. The molecule has 0 heterocycles. The lowest BCUT2D eigenvalue weighted by molar-refractivity contribution is -0.246. The largest absolute Gasteiger partial charge is 0.455 e. The van der Waals surface area contributed by atoms with Crippen LogP contribution >= 0.6 is 0 Å². The van der Waals surface area contributed by atoms with E-state index in [4.69, 9.17) is 9.47 Å². The fraction of sp³-hybridized carbons (Fsp3) is 0.812. The van der Waals surface area contributed by atoms with Crippen molar-refractivity contribution in [1.82, 2.24) is 0 Å². The lowest BCUT2D eigenvalue weighted by atomic mass is 9.47. The number of carbonyl (C=O) groups excluding carboxylic acids is 1. The lowest BCUT2D eigenvalue weighted by Crippen LogP contribution is -2.65. The molecule has 4 aliphatic rings. The molecule has 3 nitrogen and oxygen atoms in total. The summed E-state index contributed by atoms with van der Waals surface area (Å²) in [5.41, 5.74) is -0.194. The highest BCUT2D eigenvalue weighted by Gasteiger charge is 2.63. The van der Waals surface area contributed by atoms with Gasteiger partial charge in [0.15, 0.2) is 0 Å². The Morgan fingerprint density at radius 2 is 1.95 bits per heavy atom. The van der Waals surface area contributed by atoms with E-state index in [9.17, 15) is 4.79 Å². The summed E-state index contributed by atoms with van der Waals surface area (Å²) < 4.78 is 11.7. The van der Waals surface area contributed by atoms with Crippen LogP contribution in [0.15, 0.2) is 12.7 Å². The van der Waals surface area contributed by atoms with Gasteiger partial charge in [-0.25, -0.2) is 4.79 Å². The van der Waals surface area contributed by atoms with Crippen LogP contribution in [-0.4, -0.2) is 24.3 Å². The van der Waals surface area contributed by atoms with Gasteiger partial charge < -0.3 is 9.47 Å². The molecule has 0 aromatic rings. The molecule has 0 aromatic carbocycles. The van der Waals surface area contributed by atoms with E-state index < -0.39 is 0 Å². The van der Waals surface area contributed by atoms with Gasteiger partial charge in [-0.1, -0.05) is 13.5 Å². The highest BCUT2D eigenvalue weighted by atomic mass is 16.6. The first-order valence-corrected chi connectivity index (χ1v) is 7.48. The third-order valence-electron chi connectivity index (χ3n) is 5.96. The molecule has 106 valence electrons. The third kappa shape index (κ3) is 1.78. The van der Waals surface area contributed by atoms with E-state index in [1.807, 2.05) is 7.11 Å². The Morgan fingerprint density at radius 1 is 1.32 bits per heavy atom. The highest BCUT2D eigenvalue weighted by molar-refractivity contribution is 5.81. The van der Waals surface area contributed by atoms with Gasteiger partial charge in [0.25, 0.3) is 0 Å². The molecule has 2 atom stereocenters. The minimum absolute atomic E-state index is 0.0652. The monoisotopic (exact) mass is 264 g/mol. The SMILES string of the molecule is C=CC(=O)OC1(CC)C2CC3CC1CC(OC)(C3)C2. The summed E-state index contributed by atoms with van der Waals surface area (Å²) in [6.07, 6.45) is 7.90. The summed E-state index contributed by atoms with van der Waals surface area (Å²) >= 11 is 0. The van der Waals surface area contributed by atoms with E-state index in [0.717, 1.165) is 25.2 Å². The molecule has 4 aliphatic carbocycles. The van der Waals surface area contributed by atoms with Gasteiger partial charge in [-0.15, -0.1) is 0 Å².